The highest BCUT2D eigenvalue weighted by Crippen LogP contribution is 2.20. The fraction of sp³-hybridized carbons (Fsp3) is 0.429. The Balaban J connectivity index is 1.74. The van der Waals surface area contributed by atoms with Crippen molar-refractivity contribution in [3.63, 3.8) is 0 Å². The van der Waals surface area contributed by atoms with Crippen LogP contribution < -0.4 is 10.1 Å². The Kier molecular flexibility index (Phi) is 3.46. The number of hydrogen-bond acceptors (Lipinski definition) is 4. The summed E-state index contributed by atoms with van der Waals surface area (Å²) in [6.07, 6.45) is 1.12. The van der Waals surface area contributed by atoms with Crippen molar-refractivity contribution in [3.8, 4) is 5.75 Å². The monoisotopic (exact) mass is 258 g/mol. The summed E-state index contributed by atoms with van der Waals surface area (Å²) in [4.78, 5) is 0. The van der Waals surface area contributed by atoms with Gasteiger partial charge in [-0.1, -0.05) is 18.2 Å². The van der Waals surface area contributed by atoms with Crippen LogP contribution in [0.3, 0.4) is 0 Å². The Labute approximate surface area is 112 Å². The summed E-state index contributed by atoms with van der Waals surface area (Å²) in [6, 6.07) is 10.3. The van der Waals surface area contributed by atoms with Crippen LogP contribution in [0.25, 0.3) is 0 Å². The zero-order valence-corrected chi connectivity index (χ0v) is 11.0. The number of benzene rings is 1. The molecule has 1 aromatic carbocycles. The summed E-state index contributed by atoms with van der Waals surface area (Å²) in [5, 5.41) is 11.8. The first kappa shape index (κ1) is 12.2. The SMILES string of the molecule is Cc1nnc(COc2ccccc2)n1C1CCNC1. The van der Waals surface area contributed by atoms with E-state index in [0.717, 1.165) is 36.9 Å². The number of aryl methyl sites for hydroxylation is 1. The van der Waals surface area contributed by atoms with Crippen LogP contribution in [-0.2, 0) is 6.61 Å². The van der Waals surface area contributed by atoms with Gasteiger partial charge >= 0.3 is 0 Å². The van der Waals surface area contributed by atoms with Crippen molar-refractivity contribution in [2.75, 3.05) is 13.1 Å². The minimum atomic E-state index is 0.448. The van der Waals surface area contributed by atoms with E-state index in [2.05, 4.69) is 20.1 Å². The predicted octanol–water partition coefficient (Wildman–Crippen LogP) is 1.70. The molecule has 5 nitrogen and oxygen atoms in total. The lowest BCUT2D eigenvalue weighted by molar-refractivity contribution is 0.284. The van der Waals surface area contributed by atoms with Gasteiger partial charge in [0.1, 0.15) is 18.2 Å². The normalized spacial score (nSPS) is 18.7. The minimum absolute atomic E-state index is 0.448. The number of aromatic nitrogens is 3. The van der Waals surface area contributed by atoms with Gasteiger partial charge in [0.2, 0.25) is 0 Å². The van der Waals surface area contributed by atoms with Gasteiger partial charge in [-0.3, -0.25) is 0 Å². The van der Waals surface area contributed by atoms with Crippen molar-refractivity contribution in [1.82, 2.24) is 20.1 Å². The van der Waals surface area contributed by atoms with E-state index in [9.17, 15) is 0 Å². The Morgan fingerprint density at radius 3 is 2.89 bits per heavy atom. The van der Waals surface area contributed by atoms with Crippen LogP contribution >= 0.6 is 0 Å². The van der Waals surface area contributed by atoms with Gasteiger partial charge in [-0.25, -0.2) is 0 Å². The second kappa shape index (κ2) is 5.40. The molecule has 1 atom stereocenters. The van der Waals surface area contributed by atoms with Gasteiger partial charge in [0.25, 0.3) is 0 Å². The summed E-state index contributed by atoms with van der Waals surface area (Å²) in [5.41, 5.74) is 0. The first-order valence-electron chi connectivity index (χ1n) is 6.63. The van der Waals surface area contributed by atoms with E-state index in [-0.39, 0.29) is 0 Å². The molecule has 1 aromatic heterocycles. The third-order valence-corrected chi connectivity index (χ3v) is 3.45. The van der Waals surface area contributed by atoms with E-state index >= 15 is 0 Å². The number of ether oxygens (including phenoxy) is 1. The first-order valence-corrected chi connectivity index (χ1v) is 6.63. The number of rotatable bonds is 4. The number of hydrogen-bond donors (Lipinski definition) is 1. The highest BCUT2D eigenvalue weighted by Gasteiger charge is 2.22. The Bertz CT molecular complexity index is 532. The highest BCUT2D eigenvalue weighted by molar-refractivity contribution is 5.21. The summed E-state index contributed by atoms with van der Waals surface area (Å²) in [5.74, 6) is 2.72. The molecular weight excluding hydrogens is 240 g/mol. The van der Waals surface area contributed by atoms with Gasteiger partial charge in [-0.15, -0.1) is 10.2 Å². The molecule has 1 unspecified atom stereocenters. The van der Waals surface area contributed by atoms with Crippen LogP contribution in [0.1, 0.15) is 24.1 Å². The first-order chi connectivity index (χ1) is 9.34. The van der Waals surface area contributed by atoms with Gasteiger partial charge < -0.3 is 14.6 Å². The van der Waals surface area contributed by atoms with Gasteiger partial charge in [-0.05, 0) is 32.0 Å². The maximum atomic E-state index is 5.76. The molecule has 0 amide bonds. The molecule has 0 saturated carbocycles. The highest BCUT2D eigenvalue weighted by atomic mass is 16.5. The van der Waals surface area contributed by atoms with E-state index in [0.29, 0.717) is 12.6 Å². The molecular formula is C14H18N4O. The van der Waals surface area contributed by atoms with Crippen LogP contribution in [0.5, 0.6) is 5.75 Å². The molecule has 2 heterocycles. The van der Waals surface area contributed by atoms with E-state index in [4.69, 9.17) is 4.74 Å². The largest absolute Gasteiger partial charge is 0.486 e. The molecule has 0 spiro atoms. The summed E-state index contributed by atoms with van der Waals surface area (Å²) in [6.45, 7) is 4.50. The molecule has 19 heavy (non-hydrogen) atoms. The molecule has 2 aromatic rings. The van der Waals surface area contributed by atoms with Crippen molar-refractivity contribution in [2.24, 2.45) is 0 Å². The zero-order valence-electron chi connectivity index (χ0n) is 11.0. The molecule has 1 aliphatic rings. The van der Waals surface area contributed by atoms with Crippen molar-refractivity contribution in [1.29, 1.82) is 0 Å². The summed E-state index contributed by atoms with van der Waals surface area (Å²) in [7, 11) is 0. The van der Waals surface area contributed by atoms with Crippen molar-refractivity contribution in [2.45, 2.75) is 26.0 Å². The topological polar surface area (TPSA) is 52.0 Å². The third-order valence-electron chi connectivity index (χ3n) is 3.45. The van der Waals surface area contributed by atoms with E-state index in [1.807, 2.05) is 37.3 Å². The predicted molar refractivity (Wildman–Crippen MR) is 72.1 cm³/mol. The maximum absolute atomic E-state index is 5.76. The van der Waals surface area contributed by atoms with Crippen molar-refractivity contribution >= 4 is 0 Å². The average Bonchev–Trinajstić information content (AvgIpc) is 3.07. The molecule has 1 saturated heterocycles. The molecule has 0 aliphatic carbocycles. The Morgan fingerprint density at radius 1 is 1.32 bits per heavy atom. The zero-order chi connectivity index (χ0) is 13.1. The molecule has 0 radical (unpaired) electrons. The molecule has 0 bridgehead atoms. The van der Waals surface area contributed by atoms with Crippen LogP contribution in [0.2, 0.25) is 0 Å². The van der Waals surface area contributed by atoms with Crippen LogP contribution in [0, 0.1) is 6.92 Å². The molecule has 5 heteroatoms. The maximum Gasteiger partial charge on any atom is 0.171 e. The van der Waals surface area contributed by atoms with E-state index < -0.39 is 0 Å². The van der Waals surface area contributed by atoms with Gasteiger partial charge in [0.05, 0.1) is 6.04 Å². The molecule has 1 fully saturated rings. The van der Waals surface area contributed by atoms with Crippen LogP contribution in [0.15, 0.2) is 30.3 Å². The molecule has 1 N–H and O–H groups in total. The van der Waals surface area contributed by atoms with Crippen molar-refractivity contribution < 1.29 is 4.74 Å². The molecule has 3 rings (SSSR count). The summed E-state index contributed by atoms with van der Waals surface area (Å²) >= 11 is 0. The lowest BCUT2D eigenvalue weighted by Crippen LogP contribution is -2.18. The lowest BCUT2D eigenvalue weighted by atomic mass is 10.2. The fourth-order valence-corrected chi connectivity index (χ4v) is 2.51. The minimum Gasteiger partial charge on any atom is -0.486 e. The molecule has 100 valence electrons. The summed E-state index contributed by atoms with van der Waals surface area (Å²) < 4.78 is 7.96. The van der Waals surface area contributed by atoms with Gasteiger partial charge in [0, 0.05) is 6.54 Å². The Hall–Kier alpha value is -1.88. The van der Waals surface area contributed by atoms with Crippen LogP contribution in [0.4, 0.5) is 0 Å². The van der Waals surface area contributed by atoms with E-state index in [1.165, 1.54) is 0 Å². The van der Waals surface area contributed by atoms with Crippen molar-refractivity contribution in [3.05, 3.63) is 42.0 Å². The Morgan fingerprint density at radius 2 is 2.16 bits per heavy atom. The number of nitrogens with zero attached hydrogens (tertiary/aromatic N) is 3. The number of nitrogens with one attached hydrogen (secondary N) is 1. The van der Waals surface area contributed by atoms with Gasteiger partial charge in [-0.2, -0.15) is 0 Å². The second-order valence-corrected chi connectivity index (χ2v) is 4.78. The number of para-hydroxylation sites is 1. The van der Waals surface area contributed by atoms with E-state index in [1.54, 1.807) is 0 Å². The van der Waals surface area contributed by atoms with Crippen LogP contribution in [-0.4, -0.2) is 27.9 Å². The second-order valence-electron chi connectivity index (χ2n) is 4.78. The smallest absolute Gasteiger partial charge is 0.171 e. The van der Waals surface area contributed by atoms with Gasteiger partial charge in [0.15, 0.2) is 5.82 Å². The standard InChI is InChI=1S/C14H18N4O/c1-11-16-17-14(18(11)12-7-8-15-9-12)10-19-13-5-3-2-4-6-13/h2-6,12,15H,7-10H2,1H3. The fourth-order valence-electron chi connectivity index (χ4n) is 2.51. The molecule has 1 aliphatic heterocycles. The lowest BCUT2D eigenvalue weighted by Gasteiger charge is -2.15. The average molecular weight is 258 g/mol. The third kappa shape index (κ3) is 2.61. The quantitative estimate of drug-likeness (QED) is 0.907.